The zero-order valence-corrected chi connectivity index (χ0v) is 18.3. The van der Waals surface area contributed by atoms with E-state index in [2.05, 4.69) is 15.5 Å². The Bertz CT molecular complexity index is 1010. The summed E-state index contributed by atoms with van der Waals surface area (Å²) in [6.07, 6.45) is 0. The van der Waals surface area contributed by atoms with Gasteiger partial charge in [0.25, 0.3) is 0 Å². The number of halogens is 1. The average Bonchev–Trinajstić information content (AvgIpc) is 3.10. The summed E-state index contributed by atoms with van der Waals surface area (Å²) in [4.78, 5) is 14.5. The Labute approximate surface area is 181 Å². The Morgan fingerprint density at radius 1 is 1.23 bits per heavy atom. The molecule has 0 spiro atoms. The number of rotatable bonds is 8. The molecule has 0 radical (unpaired) electrons. The van der Waals surface area contributed by atoms with Crippen LogP contribution in [0.5, 0.6) is 0 Å². The minimum atomic E-state index is -1.06. The number of nitrogens with zero attached hydrogens (tertiary/aromatic N) is 4. The quantitative estimate of drug-likeness (QED) is 0.570. The molecule has 160 valence electrons. The van der Waals surface area contributed by atoms with Crippen LogP contribution in [0.15, 0.2) is 42.5 Å². The number of nitrogens with one attached hydrogen (secondary N) is 1. The van der Waals surface area contributed by atoms with Crippen LogP contribution in [-0.4, -0.2) is 46.7 Å². The van der Waals surface area contributed by atoms with Crippen LogP contribution in [0.3, 0.4) is 0 Å². The highest BCUT2D eigenvalue weighted by Crippen LogP contribution is 2.28. The molecule has 0 saturated carbocycles. The van der Waals surface area contributed by atoms with Crippen LogP contribution in [-0.2, 0) is 16.1 Å². The van der Waals surface area contributed by atoms with E-state index in [1.54, 1.807) is 26.0 Å². The summed E-state index contributed by atoms with van der Waals surface area (Å²) in [6, 6.07) is 12.8. The van der Waals surface area contributed by atoms with Crippen molar-refractivity contribution in [1.29, 1.82) is 0 Å². The van der Waals surface area contributed by atoms with E-state index in [1.807, 2.05) is 53.7 Å². The van der Waals surface area contributed by atoms with Gasteiger partial charge in [0.1, 0.15) is 11.9 Å². The van der Waals surface area contributed by atoms with Gasteiger partial charge in [-0.05, 0) is 31.5 Å². The molecule has 2 heterocycles. The highest BCUT2D eigenvalue weighted by molar-refractivity contribution is 6.33. The first-order chi connectivity index (χ1) is 14.2. The van der Waals surface area contributed by atoms with Gasteiger partial charge in [-0.1, -0.05) is 41.9 Å². The van der Waals surface area contributed by atoms with Crippen LogP contribution in [0.25, 0.3) is 5.65 Å². The lowest BCUT2D eigenvalue weighted by atomic mass is 10.1. The van der Waals surface area contributed by atoms with Gasteiger partial charge in [0.2, 0.25) is 5.91 Å². The highest BCUT2D eigenvalue weighted by atomic mass is 35.5. The second kappa shape index (κ2) is 8.99. The average molecular weight is 431 g/mol. The third kappa shape index (κ3) is 4.89. The Morgan fingerprint density at radius 2 is 1.93 bits per heavy atom. The van der Waals surface area contributed by atoms with Gasteiger partial charge in [-0.15, -0.1) is 10.2 Å². The van der Waals surface area contributed by atoms with E-state index >= 15 is 0 Å². The summed E-state index contributed by atoms with van der Waals surface area (Å²) in [5.74, 6) is 0.909. The number of hydrogen-bond donors (Lipinski definition) is 2. The van der Waals surface area contributed by atoms with E-state index in [0.717, 1.165) is 5.56 Å². The Balaban J connectivity index is 1.95. The number of hydrogen-bond acceptors (Lipinski definition) is 6. The molecule has 1 aromatic carbocycles. The van der Waals surface area contributed by atoms with Gasteiger partial charge in [0.05, 0.1) is 23.8 Å². The van der Waals surface area contributed by atoms with Crippen LogP contribution in [0, 0.1) is 0 Å². The monoisotopic (exact) mass is 430 g/mol. The Hall–Kier alpha value is -2.68. The molecule has 1 unspecified atom stereocenters. The fourth-order valence-electron chi connectivity index (χ4n) is 3.00. The number of ether oxygens (including phenoxy) is 1. The van der Waals surface area contributed by atoms with Crippen LogP contribution in [0.4, 0.5) is 5.82 Å². The van der Waals surface area contributed by atoms with E-state index in [9.17, 15) is 4.79 Å². The molecule has 1 atom stereocenters. The summed E-state index contributed by atoms with van der Waals surface area (Å²) in [5, 5.41) is 12.1. The fourth-order valence-corrected chi connectivity index (χ4v) is 3.31. The number of carbonyl (C=O) groups excluding carboxylic acids is 1. The minimum Gasteiger partial charge on any atom is -0.374 e. The van der Waals surface area contributed by atoms with Gasteiger partial charge in [-0.25, -0.2) is 0 Å². The molecule has 30 heavy (non-hydrogen) atoms. The molecule has 3 aromatic rings. The Kier molecular flexibility index (Phi) is 6.60. The van der Waals surface area contributed by atoms with Gasteiger partial charge in [0.15, 0.2) is 11.5 Å². The second-order valence-electron chi connectivity index (χ2n) is 7.90. The normalized spacial score (nSPS) is 12.7. The summed E-state index contributed by atoms with van der Waals surface area (Å²) in [6.45, 7) is 3.89. The van der Waals surface area contributed by atoms with Crippen molar-refractivity contribution >= 4 is 29.0 Å². The summed E-state index contributed by atoms with van der Waals surface area (Å²) in [5.41, 5.74) is 6.59. The maximum atomic E-state index is 12.6. The van der Waals surface area contributed by atoms with E-state index < -0.39 is 11.6 Å². The summed E-state index contributed by atoms with van der Waals surface area (Å²) >= 11 is 6.44. The number of aromatic nitrogens is 3. The molecule has 2 aromatic heterocycles. The van der Waals surface area contributed by atoms with Crippen LogP contribution < -0.4 is 16.0 Å². The first-order valence-electron chi connectivity index (χ1n) is 9.61. The standard InChI is InChI=1S/C21H27ClN6O2/c1-21(2,23)20(29)24-16(13-30-12-14-8-6-5-7-9-14)18-26-25-17-11-10-15(22)19(27(3)4)28(17)18/h5-11,16H,12-13,23H2,1-4H3,(H,24,29). The smallest absolute Gasteiger partial charge is 0.240 e. The maximum Gasteiger partial charge on any atom is 0.240 e. The number of amides is 1. The van der Waals surface area contributed by atoms with Crippen molar-refractivity contribution in [2.24, 2.45) is 5.73 Å². The number of benzene rings is 1. The van der Waals surface area contributed by atoms with Crippen LogP contribution in [0.2, 0.25) is 5.02 Å². The largest absolute Gasteiger partial charge is 0.374 e. The molecule has 0 bridgehead atoms. The zero-order valence-electron chi connectivity index (χ0n) is 17.6. The SMILES string of the molecule is CN(C)c1c(Cl)ccc2nnc(C(COCc3ccccc3)NC(=O)C(C)(C)N)n12. The summed E-state index contributed by atoms with van der Waals surface area (Å²) < 4.78 is 7.74. The molecule has 0 fully saturated rings. The molecule has 0 aliphatic rings. The lowest BCUT2D eigenvalue weighted by Gasteiger charge is -2.25. The molecule has 3 N–H and O–H groups in total. The van der Waals surface area contributed by atoms with E-state index in [-0.39, 0.29) is 12.5 Å². The van der Waals surface area contributed by atoms with Crippen molar-refractivity contribution in [1.82, 2.24) is 19.9 Å². The van der Waals surface area contributed by atoms with E-state index in [0.29, 0.717) is 28.9 Å². The van der Waals surface area contributed by atoms with E-state index in [4.69, 9.17) is 22.1 Å². The van der Waals surface area contributed by atoms with E-state index in [1.165, 1.54) is 0 Å². The molecule has 0 saturated heterocycles. The van der Waals surface area contributed by atoms with Gasteiger partial charge >= 0.3 is 0 Å². The van der Waals surface area contributed by atoms with Gasteiger partial charge in [-0.3, -0.25) is 9.20 Å². The predicted octanol–water partition coefficient (Wildman–Crippen LogP) is 2.56. The minimum absolute atomic E-state index is 0.191. The highest BCUT2D eigenvalue weighted by Gasteiger charge is 2.29. The third-order valence-electron chi connectivity index (χ3n) is 4.54. The van der Waals surface area contributed by atoms with Gasteiger partial charge < -0.3 is 20.7 Å². The van der Waals surface area contributed by atoms with Crippen molar-refractivity contribution < 1.29 is 9.53 Å². The molecular formula is C21H27ClN6O2. The van der Waals surface area contributed by atoms with Crippen molar-refractivity contribution in [2.45, 2.75) is 32.0 Å². The molecule has 0 aliphatic carbocycles. The Morgan fingerprint density at radius 3 is 2.57 bits per heavy atom. The number of anilines is 1. The number of fused-ring (bicyclic) bond motifs is 1. The van der Waals surface area contributed by atoms with Crippen molar-refractivity contribution in [3.05, 3.63) is 58.9 Å². The molecule has 1 amide bonds. The molecule has 3 rings (SSSR count). The predicted molar refractivity (Wildman–Crippen MR) is 118 cm³/mol. The molecule has 8 nitrogen and oxygen atoms in total. The fraction of sp³-hybridized carbons (Fsp3) is 0.381. The van der Waals surface area contributed by atoms with Crippen LogP contribution in [0.1, 0.15) is 31.3 Å². The number of pyridine rings is 1. The van der Waals surface area contributed by atoms with Gasteiger partial charge in [0, 0.05) is 14.1 Å². The molecule has 0 aliphatic heterocycles. The van der Waals surface area contributed by atoms with Crippen LogP contribution >= 0.6 is 11.6 Å². The lowest BCUT2D eigenvalue weighted by Crippen LogP contribution is -2.51. The summed E-state index contributed by atoms with van der Waals surface area (Å²) in [7, 11) is 3.76. The number of nitrogens with two attached hydrogens (primary N) is 1. The molecular weight excluding hydrogens is 404 g/mol. The van der Waals surface area contributed by atoms with Crippen molar-refractivity contribution in [3.63, 3.8) is 0 Å². The number of carbonyl (C=O) groups is 1. The van der Waals surface area contributed by atoms with Gasteiger partial charge in [-0.2, -0.15) is 0 Å². The topological polar surface area (TPSA) is 97.8 Å². The maximum absolute atomic E-state index is 12.6. The second-order valence-corrected chi connectivity index (χ2v) is 8.31. The first-order valence-corrected chi connectivity index (χ1v) is 9.98. The first kappa shape index (κ1) is 22.0. The van der Waals surface area contributed by atoms with Crippen molar-refractivity contribution in [2.75, 3.05) is 25.6 Å². The lowest BCUT2D eigenvalue weighted by molar-refractivity contribution is -0.126. The molecule has 9 heteroatoms. The van der Waals surface area contributed by atoms with Crippen molar-refractivity contribution in [3.8, 4) is 0 Å². The zero-order chi connectivity index (χ0) is 21.9. The third-order valence-corrected chi connectivity index (χ3v) is 4.83.